The minimum absolute atomic E-state index is 0.109. The van der Waals surface area contributed by atoms with Gasteiger partial charge in [-0.3, -0.25) is 14.5 Å². The molecule has 2 heterocycles. The quantitative estimate of drug-likeness (QED) is 0.503. The Balaban J connectivity index is 2.15. The number of nitrogens with zero attached hydrogens (tertiary/aromatic N) is 2. The van der Waals surface area contributed by atoms with Gasteiger partial charge in [0.05, 0.1) is 36.3 Å². The molecule has 3 rings (SSSR count). The summed E-state index contributed by atoms with van der Waals surface area (Å²) < 4.78 is 15.9. The molecular formula is C21H24N2O6S. The van der Waals surface area contributed by atoms with Crippen LogP contribution in [0.5, 0.6) is 11.5 Å². The molecule has 1 aromatic carbocycles. The molecule has 0 unspecified atom stereocenters. The normalized spacial score (nSPS) is 20.6. The molecule has 1 amide bonds. The fourth-order valence-corrected chi connectivity index (χ4v) is 4.61. The molecule has 0 N–H and O–H groups in total. The lowest BCUT2D eigenvalue weighted by atomic mass is 9.94. The molecule has 160 valence electrons. The molecule has 2 aliphatic heterocycles. The highest BCUT2D eigenvalue weighted by molar-refractivity contribution is 8.15. The number of rotatable bonds is 6. The van der Waals surface area contributed by atoms with Gasteiger partial charge in [-0.2, -0.15) is 0 Å². The number of aliphatic imine (C=N–C) groups is 1. The van der Waals surface area contributed by atoms with E-state index in [-0.39, 0.29) is 22.5 Å². The molecule has 0 aliphatic carbocycles. The second-order valence-electron chi connectivity index (χ2n) is 6.74. The summed E-state index contributed by atoms with van der Waals surface area (Å²) in [7, 11) is 1.30. The van der Waals surface area contributed by atoms with Gasteiger partial charge in [-0.1, -0.05) is 24.8 Å². The summed E-state index contributed by atoms with van der Waals surface area (Å²) in [6, 6.07) is 4.28. The van der Waals surface area contributed by atoms with Gasteiger partial charge in [0.2, 0.25) is 5.91 Å². The van der Waals surface area contributed by atoms with E-state index in [2.05, 4.69) is 4.99 Å². The van der Waals surface area contributed by atoms with Gasteiger partial charge < -0.3 is 14.2 Å². The van der Waals surface area contributed by atoms with E-state index in [4.69, 9.17) is 14.2 Å². The van der Waals surface area contributed by atoms with E-state index in [1.165, 1.54) is 25.8 Å². The van der Waals surface area contributed by atoms with Gasteiger partial charge >= 0.3 is 11.9 Å². The molecule has 1 aromatic rings. The first-order valence-corrected chi connectivity index (χ1v) is 10.5. The fourth-order valence-electron chi connectivity index (χ4n) is 3.48. The maximum absolute atomic E-state index is 13.1. The number of fused-ring (bicyclic) bond motifs is 1. The zero-order chi connectivity index (χ0) is 22.0. The molecule has 0 radical (unpaired) electrons. The number of carbonyl (C=O) groups excluding carboxylic acids is 3. The van der Waals surface area contributed by atoms with Crippen LogP contribution < -0.4 is 9.47 Å². The predicted octanol–water partition coefficient (Wildman–Crippen LogP) is 3.22. The number of hydrogen-bond acceptors (Lipinski definition) is 8. The number of allylic oxidation sites excluding steroid dienone is 1. The van der Waals surface area contributed by atoms with Crippen molar-refractivity contribution in [3.63, 3.8) is 0 Å². The van der Waals surface area contributed by atoms with E-state index in [0.717, 1.165) is 0 Å². The van der Waals surface area contributed by atoms with Gasteiger partial charge in [0, 0.05) is 6.92 Å². The number of amides is 1. The summed E-state index contributed by atoms with van der Waals surface area (Å²) >= 11 is 1.39. The molecule has 8 nitrogen and oxygen atoms in total. The fraction of sp³-hybridized carbons (Fsp3) is 0.429. The van der Waals surface area contributed by atoms with Crippen LogP contribution in [0.2, 0.25) is 0 Å². The van der Waals surface area contributed by atoms with E-state index in [1.807, 2.05) is 13.8 Å². The maximum atomic E-state index is 13.1. The first-order chi connectivity index (χ1) is 14.3. The highest BCUT2D eigenvalue weighted by Gasteiger charge is 2.47. The molecule has 0 saturated carbocycles. The Morgan fingerprint density at radius 3 is 2.57 bits per heavy atom. The molecule has 0 spiro atoms. The predicted molar refractivity (Wildman–Crippen MR) is 112 cm³/mol. The summed E-state index contributed by atoms with van der Waals surface area (Å²) in [6.07, 6.45) is 0.647. The molecule has 30 heavy (non-hydrogen) atoms. The smallest absolute Gasteiger partial charge is 0.338 e. The van der Waals surface area contributed by atoms with Crippen LogP contribution in [-0.2, 0) is 19.1 Å². The first-order valence-electron chi connectivity index (χ1n) is 9.64. The number of methoxy groups -OCH3 is 1. The SMILES string of the molecule is CCOc1cc([C@H]2C(C(=O)OC)=C(C)N=C3S[C@H](CC)C(=O)N32)ccc1OC(C)=O. The van der Waals surface area contributed by atoms with Crippen molar-refractivity contribution in [3.05, 3.63) is 35.0 Å². The number of amidine groups is 1. The van der Waals surface area contributed by atoms with Crippen molar-refractivity contribution in [2.24, 2.45) is 4.99 Å². The van der Waals surface area contributed by atoms with Crippen LogP contribution in [0.3, 0.4) is 0 Å². The maximum Gasteiger partial charge on any atom is 0.338 e. The monoisotopic (exact) mass is 432 g/mol. The molecule has 2 aliphatic rings. The Bertz CT molecular complexity index is 955. The summed E-state index contributed by atoms with van der Waals surface area (Å²) in [4.78, 5) is 43.2. The van der Waals surface area contributed by atoms with Gasteiger partial charge in [0.25, 0.3) is 0 Å². The van der Waals surface area contributed by atoms with Crippen LogP contribution >= 0.6 is 11.8 Å². The molecule has 0 bridgehead atoms. The van der Waals surface area contributed by atoms with Crippen LogP contribution in [0, 0.1) is 0 Å². The Labute approximate surface area is 179 Å². The van der Waals surface area contributed by atoms with Crippen molar-refractivity contribution in [3.8, 4) is 11.5 Å². The molecule has 9 heteroatoms. The lowest BCUT2D eigenvalue weighted by molar-refractivity contribution is -0.137. The Morgan fingerprint density at radius 1 is 1.23 bits per heavy atom. The van der Waals surface area contributed by atoms with Crippen molar-refractivity contribution >= 4 is 34.8 Å². The number of hydrogen-bond donors (Lipinski definition) is 0. The summed E-state index contributed by atoms with van der Waals surface area (Å²) in [5, 5.41) is 0.298. The zero-order valence-corrected chi connectivity index (χ0v) is 18.4. The van der Waals surface area contributed by atoms with E-state index < -0.39 is 18.0 Å². The van der Waals surface area contributed by atoms with Crippen LogP contribution in [0.25, 0.3) is 0 Å². The highest BCUT2D eigenvalue weighted by Crippen LogP contribution is 2.45. The Hall–Kier alpha value is -2.81. The summed E-state index contributed by atoms with van der Waals surface area (Å²) in [5.74, 6) is -0.518. The number of benzene rings is 1. The van der Waals surface area contributed by atoms with Gasteiger partial charge in [-0.05, 0) is 38.0 Å². The second-order valence-corrected chi connectivity index (χ2v) is 7.91. The first kappa shape index (κ1) is 21.9. The summed E-state index contributed by atoms with van der Waals surface area (Å²) in [6.45, 7) is 7.13. The molecule has 0 aromatic heterocycles. The topological polar surface area (TPSA) is 94.5 Å². The highest BCUT2D eigenvalue weighted by atomic mass is 32.2. The van der Waals surface area contributed by atoms with Gasteiger partial charge in [-0.15, -0.1) is 0 Å². The molecule has 1 saturated heterocycles. The van der Waals surface area contributed by atoms with Crippen LogP contribution in [0.15, 0.2) is 34.5 Å². The number of esters is 2. The molecule has 1 fully saturated rings. The Morgan fingerprint density at radius 2 is 1.97 bits per heavy atom. The van der Waals surface area contributed by atoms with E-state index in [1.54, 1.807) is 30.0 Å². The van der Waals surface area contributed by atoms with Crippen molar-refractivity contribution in [1.82, 2.24) is 4.90 Å². The van der Waals surface area contributed by atoms with Crippen molar-refractivity contribution in [2.45, 2.75) is 45.4 Å². The number of carbonyl (C=O) groups is 3. The standard InChI is InChI=1S/C21H24N2O6S/c1-6-16-19(25)23-18(17(20(26)27-5)11(3)22-21(23)30-16)13-8-9-14(29-12(4)24)15(10-13)28-7-2/h8-10,16,18H,6-7H2,1-5H3/t16-,18+/m1/s1. The average molecular weight is 432 g/mol. The van der Waals surface area contributed by atoms with Crippen molar-refractivity contribution in [2.75, 3.05) is 13.7 Å². The van der Waals surface area contributed by atoms with E-state index in [0.29, 0.717) is 35.2 Å². The average Bonchev–Trinajstić information content (AvgIpc) is 3.02. The third-order valence-corrected chi connectivity index (χ3v) is 6.08. The van der Waals surface area contributed by atoms with Crippen LogP contribution in [0.4, 0.5) is 0 Å². The zero-order valence-electron chi connectivity index (χ0n) is 17.6. The molecular weight excluding hydrogens is 408 g/mol. The van der Waals surface area contributed by atoms with Gasteiger partial charge in [-0.25, -0.2) is 9.79 Å². The van der Waals surface area contributed by atoms with Gasteiger partial charge in [0.1, 0.15) is 0 Å². The van der Waals surface area contributed by atoms with Crippen molar-refractivity contribution < 1.29 is 28.6 Å². The third-order valence-electron chi connectivity index (χ3n) is 4.76. The minimum Gasteiger partial charge on any atom is -0.490 e. The van der Waals surface area contributed by atoms with Crippen molar-refractivity contribution in [1.29, 1.82) is 0 Å². The lowest BCUT2D eigenvalue weighted by Gasteiger charge is -2.33. The van der Waals surface area contributed by atoms with E-state index in [9.17, 15) is 14.4 Å². The lowest BCUT2D eigenvalue weighted by Crippen LogP contribution is -2.40. The van der Waals surface area contributed by atoms with Crippen LogP contribution in [0.1, 0.15) is 45.7 Å². The number of thioether (sulfide) groups is 1. The summed E-state index contributed by atoms with van der Waals surface area (Å²) in [5.41, 5.74) is 1.42. The largest absolute Gasteiger partial charge is 0.490 e. The second kappa shape index (κ2) is 8.91. The van der Waals surface area contributed by atoms with E-state index >= 15 is 0 Å². The van der Waals surface area contributed by atoms with Crippen LogP contribution in [-0.4, -0.2) is 46.9 Å². The van der Waals surface area contributed by atoms with Gasteiger partial charge in [0.15, 0.2) is 16.7 Å². The molecule has 2 atom stereocenters. The number of ether oxygens (including phenoxy) is 3. The minimum atomic E-state index is -0.716. The Kier molecular flexibility index (Phi) is 6.50. The third kappa shape index (κ3) is 3.94.